The molecule has 3 atom stereocenters. The van der Waals surface area contributed by atoms with Crippen molar-refractivity contribution >= 4 is 0 Å². The van der Waals surface area contributed by atoms with E-state index in [1.807, 2.05) is 6.07 Å². The van der Waals surface area contributed by atoms with Gasteiger partial charge in [-0.15, -0.1) is 0 Å². The lowest BCUT2D eigenvalue weighted by atomic mass is 10.0. The van der Waals surface area contributed by atoms with E-state index >= 15 is 0 Å². The van der Waals surface area contributed by atoms with E-state index in [9.17, 15) is 0 Å². The molecule has 18 heavy (non-hydrogen) atoms. The van der Waals surface area contributed by atoms with Crippen molar-refractivity contribution in [3.8, 4) is 0 Å². The zero-order valence-corrected chi connectivity index (χ0v) is 10.7. The van der Waals surface area contributed by atoms with E-state index in [1.165, 1.54) is 24.8 Å². The molecule has 2 aliphatic heterocycles. The molecule has 0 bridgehead atoms. The summed E-state index contributed by atoms with van der Waals surface area (Å²) in [5, 5.41) is 3.54. The smallest absolute Gasteiger partial charge is 0.162 e. The fourth-order valence-electron chi connectivity index (χ4n) is 2.80. The number of nitrogens with one attached hydrogen (secondary N) is 1. The van der Waals surface area contributed by atoms with E-state index in [1.54, 1.807) is 0 Å². The maximum absolute atomic E-state index is 6.02. The van der Waals surface area contributed by atoms with Crippen LogP contribution in [0.5, 0.6) is 0 Å². The van der Waals surface area contributed by atoms with Crippen LogP contribution in [0.15, 0.2) is 30.3 Å². The second-order valence-electron chi connectivity index (χ2n) is 5.18. The highest BCUT2D eigenvalue weighted by molar-refractivity contribution is 5.15. The number of ether oxygens (including phenoxy) is 2. The van der Waals surface area contributed by atoms with Gasteiger partial charge in [-0.3, -0.25) is 0 Å². The highest BCUT2D eigenvalue weighted by Crippen LogP contribution is 2.22. The zero-order valence-electron chi connectivity index (χ0n) is 10.7. The van der Waals surface area contributed by atoms with Gasteiger partial charge in [-0.2, -0.15) is 0 Å². The Labute approximate surface area is 108 Å². The first-order valence-corrected chi connectivity index (χ1v) is 6.96. The van der Waals surface area contributed by atoms with Gasteiger partial charge in [0.25, 0.3) is 0 Å². The number of piperidine rings is 1. The van der Waals surface area contributed by atoms with Gasteiger partial charge in [0.05, 0.1) is 12.7 Å². The molecule has 0 aliphatic carbocycles. The van der Waals surface area contributed by atoms with Gasteiger partial charge in [0, 0.05) is 12.5 Å². The Morgan fingerprint density at radius 1 is 1.17 bits per heavy atom. The number of hydrogen-bond acceptors (Lipinski definition) is 3. The van der Waals surface area contributed by atoms with Gasteiger partial charge < -0.3 is 14.8 Å². The van der Waals surface area contributed by atoms with Crippen LogP contribution in [-0.2, 0) is 15.9 Å². The van der Waals surface area contributed by atoms with Gasteiger partial charge in [0.15, 0.2) is 6.29 Å². The van der Waals surface area contributed by atoms with Crippen molar-refractivity contribution in [2.45, 2.75) is 44.1 Å². The minimum atomic E-state index is -0.0684. The number of rotatable bonds is 3. The molecular formula is C15H21NO2. The summed E-state index contributed by atoms with van der Waals surface area (Å²) in [6, 6.07) is 10.9. The monoisotopic (exact) mass is 247 g/mol. The molecule has 3 unspecified atom stereocenters. The zero-order chi connectivity index (χ0) is 12.2. The molecule has 3 heteroatoms. The summed E-state index contributed by atoms with van der Waals surface area (Å²) >= 11 is 0. The highest BCUT2D eigenvalue weighted by atomic mass is 16.7. The average molecular weight is 247 g/mol. The van der Waals surface area contributed by atoms with Crippen LogP contribution < -0.4 is 5.32 Å². The maximum atomic E-state index is 6.02. The van der Waals surface area contributed by atoms with E-state index in [-0.39, 0.29) is 12.4 Å². The Morgan fingerprint density at radius 3 is 2.83 bits per heavy atom. The summed E-state index contributed by atoms with van der Waals surface area (Å²) in [4.78, 5) is 0. The van der Waals surface area contributed by atoms with Crippen LogP contribution in [0.4, 0.5) is 0 Å². The van der Waals surface area contributed by atoms with Gasteiger partial charge in [-0.05, 0) is 24.9 Å². The van der Waals surface area contributed by atoms with E-state index in [0.717, 1.165) is 19.6 Å². The molecule has 0 aromatic heterocycles. The Morgan fingerprint density at radius 2 is 2.06 bits per heavy atom. The van der Waals surface area contributed by atoms with Crippen LogP contribution in [0.25, 0.3) is 0 Å². The Balaban J connectivity index is 1.52. The minimum Gasteiger partial charge on any atom is -0.350 e. The predicted octanol–water partition coefficient (Wildman–Crippen LogP) is 2.11. The van der Waals surface area contributed by atoms with Crippen molar-refractivity contribution in [1.82, 2.24) is 5.32 Å². The summed E-state index contributed by atoms with van der Waals surface area (Å²) in [7, 11) is 0. The van der Waals surface area contributed by atoms with Crippen LogP contribution in [0, 0.1) is 0 Å². The standard InChI is InChI=1S/C15H21NO2/c1-2-6-12(7-3-1)10-15-17-11-14(18-15)13-8-4-5-9-16-13/h1-3,6-7,13-16H,4-5,8-11H2. The fraction of sp³-hybridized carbons (Fsp3) is 0.600. The molecule has 0 radical (unpaired) electrons. The van der Waals surface area contributed by atoms with Crippen LogP contribution in [-0.4, -0.2) is 31.6 Å². The SMILES string of the molecule is c1ccc(CC2OCC(C3CCCCN3)O2)cc1. The summed E-state index contributed by atoms with van der Waals surface area (Å²) in [5.74, 6) is 0. The second-order valence-corrected chi connectivity index (χ2v) is 5.18. The Hall–Kier alpha value is -0.900. The molecule has 2 saturated heterocycles. The van der Waals surface area contributed by atoms with Gasteiger partial charge in [-0.1, -0.05) is 36.8 Å². The largest absolute Gasteiger partial charge is 0.350 e. The number of benzene rings is 1. The molecule has 2 aliphatic rings. The van der Waals surface area contributed by atoms with Gasteiger partial charge >= 0.3 is 0 Å². The molecule has 0 spiro atoms. The quantitative estimate of drug-likeness (QED) is 0.887. The topological polar surface area (TPSA) is 30.5 Å². The molecule has 1 aromatic rings. The maximum Gasteiger partial charge on any atom is 0.162 e. The normalized spacial score (nSPS) is 32.6. The Bertz CT molecular complexity index is 362. The van der Waals surface area contributed by atoms with E-state index in [0.29, 0.717) is 6.04 Å². The lowest BCUT2D eigenvalue weighted by Crippen LogP contribution is -2.44. The van der Waals surface area contributed by atoms with Crippen molar-refractivity contribution in [1.29, 1.82) is 0 Å². The van der Waals surface area contributed by atoms with E-state index < -0.39 is 0 Å². The molecule has 0 saturated carbocycles. The van der Waals surface area contributed by atoms with E-state index in [4.69, 9.17) is 9.47 Å². The van der Waals surface area contributed by atoms with Crippen LogP contribution in [0.3, 0.4) is 0 Å². The first kappa shape index (κ1) is 12.2. The molecule has 1 N–H and O–H groups in total. The molecular weight excluding hydrogens is 226 g/mol. The van der Waals surface area contributed by atoms with Crippen LogP contribution >= 0.6 is 0 Å². The van der Waals surface area contributed by atoms with Crippen molar-refractivity contribution < 1.29 is 9.47 Å². The first-order valence-electron chi connectivity index (χ1n) is 6.96. The van der Waals surface area contributed by atoms with Gasteiger partial charge in [0.1, 0.15) is 0 Å². The summed E-state index contributed by atoms with van der Waals surface area (Å²) in [6.45, 7) is 1.85. The molecule has 3 nitrogen and oxygen atoms in total. The van der Waals surface area contributed by atoms with Gasteiger partial charge in [0.2, 0.25) is 0 Å². The molecule has 0 amide bonds. The van der Waals surface area contributed by atoms with E-state index in [2.05, 4.69) is 29.6 Å². The third kappa shape index (κ3) is 2.91. The molecule has 2 heterocycles. The number of hydrogen-bond donors (Lipinski definition) is 1. The lowest BCUT2D eigenvalue weighted by molar-refractivity contribution is -0.0625. The highest BCUT2D eigenvalue weighted by Gasteiger charge is 2.32. The summed E-state index contributed by atoms with van der Waals surface area (Å²) < 4.78 is 11.8. The van der Waals surface area contributed by atoms with Crippen molar-refractivity contribution in [2.75, 3.05) is 13.2 Å². The Kier molecular flexibility index (Phi) is 3.93. The average Bonchev–Trinajstić information content (AvgIpc) is 2.89. The minimum absolute atomic E-state index is 0.0684. The van der Waals surface area contributed by atoms with Gasteiger partial charge in [-0.25, -0.2) is 0 Å². The van der Waals surface area contributed by atoms with Crippen molar-refractivity contribution in [3.63, 3.8) is 0 Å². The third-order valence-corrected chi connectivity index (χ3v) is 3.82. The molecule has 98 valence electrons. The molecule has 1 aromatic carbocycles. The summed E-state index contributed by atoms with van der Waals surface area (Å²) in [5.41, 5.74) is 1.28. The van der Waals surface area contributed by atoms with Crippen molar-refractivity contribution in [3.05, 3.63) is 35.9 Å². The third-order valence-electron chi connectivity index (χ3n) is 3.82. The molecule has 3 rings (SSSR count). The van der Waals surface area contributed by atoms with Crippen LogP contribution in [0.2, 0.25) is 0 Å². The van der Waals surface area contributed by atoms with Crippen LogP contribution in [0.1, 0.15) is 24.8 Å². The lowest BCUT2D eigenvalue weighted by Gasteiger charge is -2.27. The first-order chi connectivity index (χ1) is 8.92. The predicted molar refractivity (Wildman–Crippen MR) is 70.4 cm³/mol. The summed E-state index contributed by atoms with van der Waals surface area (Å²) in [6.07, 6.45) is 4.83. The molecule has 2 fully saturated rings. The van der Waals surface area contributed by atoms with Crippen molar-refractivity contribution in [2.24, 2.45) is 0 Å². The fourth-order valence-corrected chi connectivity index (χ4v) is 2.80. The second kappa shape index (κ2) is 5.83.